The number of hydrogen-bond acceptors (Lipinski definition) is 8. The van der Waals surface area contributed by atoms with Crippen LogP contribution in [0.15, 0.2) is 40.9 Å². The number of benzene rings is 2. The number of anilines is 2. The SMILES string of the molecule is CC(C)N1CCN(c2ccc(B3OC(C)(C)C(C)(C)O3)cc2C#N)CC1.CC(C)N1CCN(c2ccc(Br)cc2C#N)CC1. The number of nitriles is 2. The minimum atomic E-state index is -0.432. The second-order valence-corrected chi connectivity index (χ2v) is 14.4. The van der Waals surface area contributed by atoms with E-state index < -0.39 is 7.12 Å². The summed E-state index contributed by atoms with van der Waals surface area (Å²) in [6.45, 7) is 25.2. The Labute approximate surface area is 273 Å². The first-order valence-electron chi connectivity index (χ1n) is 15.8. The van der Waals surface area contributed by atoms with Gasteiger partial charge in [-0.25, -0.2) is 0 Å². The van der Waals surface area contributed by atoms with Crippen LogP contribution in [0.25, 0.3) is 0 Å². The van der Waals surface area contributed by atoms with E-state index in [1.807, 2.05) is 64.1 Å². The van der Waals surface area contributed by atoms with E-state index in [2.05, 4.69) is 75.4 Å². The molecular formula is C34H48BBrN6O2. The number of piperazine rings is 2. The average Bonchev–Trinajstić information content (AvgIpc) is 3.23. The second-order valence-electron chi connectivity index (χ2n) is 13.5. The van der Waals surface area contributed by atoms with Gasteiger partial charge in [0.15, 0.2) is 0 Å². The molecule has 3 fully saturated rings. The predicted molar refractivity (Wildman–Crippen MR) is 184 cm³/mol. The topological polar surface area (TPSA) is 79.0 Å². The van der Waals surface area contributed by atoms with Gasteiger partial charge in [0.25, 0.3) is 0 Å². The summed E-state index contributed by atoms with van der Waals surface area (Å²) in [7, 11) is -0.432. The molecular weight excluding hydrogens is 615 g/mol. The molecule has 10 heteroatoms. The lowest BCUT2D eigenvalue weighted by molar-refractivity contribution is 0.00578. The Bertz CT molecular complexity index is 1350. The highest BCUT2D eigenvalue weighted by molar-refractivity contribution is 9.10. The van der Waals surface area contributed by atoms with Crippen molar-refractivity contribution >= 4 is 39.9 Å². The van der Waals surface area contributed by atoms with Crippen LogP contribution in [0.5, 0.6) is 0 Å². The minimum absolute atomic E-state index is 0.379. The smallest absolute Gasteiger partial charge is 0.399 e. The van der Waals surface area contributed by atoms with E-state index >= 15 is 0 Å². The molecule has 5 rings (SSSR count). The Morgan fingerprint density at radius 2 is 1.09 bits per heavy atom. The molecule has 0 N–H and O–H groups in total. The molecule has 0 aliphatic carbocycles. The molecule has 0 spiro atoms. The summed E-state index contributed by atoms with van der Waals surface area (Å²) in [5.74, 6) is 0. The molecule has 0 saturated carbocycles. The van der Waals surface area contributed by atoms with Gasteiger partial charge in [-0.3, -0.25) is 9.80 Å². The summed E-state index contributed by atoms with van der Waals surface area (Å²) in [5.41, 5.74) is 3.66. The predicted octanol–water partition coefficient (Wildman–Crippen LogP) is 5.24. The quantitative estimate of drug-likeness (QED) is 0.403. The van der Waals surface area contributed by atoms with Crippen molar-refractivity contribution in [2.45, 2.75) is 78.7 Å². The fourth-order valence-corrected chi connectivity index (χ4v) is 6.24. The third-order valence-electron chi connectivity index (χ3n) is 9.52. The molecule has 8 nitrogen and oxygen atoms in total. The van der Waals surface area contributed by atoms with Crippen LogP contribution in [-0.4, -0.2) is 92.6 Å². The molecule has 0 unspecified atom stereocenters. The van der Waals surface area contributed by atoms with E-state index in [-0.39, 0.29) is 11.2 Å². The van der Waals surface area contributed by atoms with Crippen molar-refractivity contribution in [1.82, 2.24) is 9.80 Å². The first-order chi connectivity index (χ1) is 20.8. The Hall–Kier alpha value is -2.60. The largest absolute Gasteiger partial charge is 0.494 e. The van der Waals surface area contributed by atoms with Crippen molar-refractivity contribution in [2.24, 2.45) is 0 Å². The van der Waals surface area contributed by atoms with Crippen molar-refractivity contribution in [3.8, 4) is 12.1 Å². The van der Waals surface area contributed by atoms with Gasteiger partial charge in [0.1, 0.15) is 12.1 Å². The maximum Gasteiger partial charge on any atom is 0.494 e. The van der Waals surface area contributed by atoms with E-state index in [9.17, 15) is 10.5 Å². The third kappa shape index (κ3) is 7.78. The lowest BCUT2D eigenvalue weighted by Gasteiger charge is -2.38. The summed E-state index contributed by atoms with van der Waals surface area (Å²) >= 11 is 3.41. The van der Waals surface area contributed by atoms with Crippen LogP contribution in [0.3, 0.4) is 0 Å². The van der Waals surface area contributed by atoms with Gasteiger partial charge >= 0.3 is 7.12 Å². The van der Waals surface area contributed by atoms with E-state index in [1.165, 1.54) is 0 Å². The van der Waals surface area contributed by atoms with Crippen LogP contribution < -0.4 is 15.3 Å². The van der Waals surface area contributed by atoms with Gasteiger partial charge in [0, 0.05) is 68.9 Å². The number of halogens is 1. The zero-order valence-corrected chi connectivity index (χ0v) is 29.3. The van der Waals surface area contributed by atoms with Gasteiger partial charge in [-0.15, -0.1) is 0 Å². The maximum absolute atomic E-state index is 9.69. The van der Waals surface area contributed by atoms with Gasteiger partial charge in [0.05, 0.1) is 33.7 Å². The molecule has 3 saturated heterocycles. The molecule has 2 aromatic carbocycles. The Morgan fingerprint density at radius 3 is 1.50 bits per heavy atom. The highest BCUT2D eigenvalue weighted by atomic mass is 79.9. The molecule has 3 aliphatic rings. The van der Waals surface area contributed by atoms with Crippen molar-refractivity contribution in [3.05, 3.63) is 52.0 Å². The van der Waals surface area contributed by atoms with Crippen molar-refractivity contribution in [1.29, 1.82) is 10.5 Å². The monoisotopic (exact) mass is 662 g/mol. The Kier molecular flexibility index (Phi) is 11.1. The molecule has 0 radical (unpaired) electrons. The molecule has 3 heterocycles. The van der Waals surface area contributed by atoms with Crippen LogP contribution in [-0.2, 0) is 9.31 Å². The van der Waals surface area contributed by atoms with E-state index in [0.29, 0.717) is 17.6 Å². The van der Waals surface area contributed by atoms with Crippen molar-refractivity contribution < 1.29 is 9.31 Å². The Morgan fingerprint density at radius 1 is 0.682 bits per heavy atom. The van der Waals surface area contributed by atoms with Gasteiger partial charge < -0.3 is 19.1 Å². The Balaban J connectivity index is 0.000000215. The highest BCUT2D eigenvalue weighted by Crippen LogP contribution is 2.37. The summed E-state index contributed by atoms with van der Waals surface area (Å²) in [6.07, 6.45) is 0. The van der Waals surface area contributed by atoms with Crippen LogP contribution in [0.4, 0.5) is 11.4 Å². The van der Waals surface area contributed by atoms with Gasteiger partial charge in [-0.05, 0) is 91.2 Å². The molecule has 236 valence electrons. The van der Waals surface area contributed by atoms with Crippen LogP contribution in [0.1, 0.15) is 66.5 Å². The minimum Gasteiger partial charge on any atom is -0.399 e. The van der Waals surface area contributed by atoms with Crippen LogP contribution in [0, 0.1) is 22.7 Å². The standard InChI is InChI=1S/C20H30BN3O2.C14H18BrN3/c1-15(2)23-9-11-24(12-10-23)18-8-7-17(13-16(18)14-22)21-25-19(3,4)20(5,6)26-21;1-11(2)17-5-7-18(8-6-17)14-4-3-13(15)9-12(14)10-16/h7-8,13,15H,9-12H2,1-6H3;3-4,9,11H,5-8H2,1-2H3. The van der Waals surface area contributed by atoms with E-state index in [4.69, 9.17) is 9.31 Å². The van der Waals surface area contributed by atoms with Crippen molar-refractivity contribution in [3.63, 3.8) is 0 Å². The molecule has 0 aromatic heterocycles. The van der Waals surface area contributed by atoms with E-state index in [1.54, 1.807) is 0 Å². The first kappa shape index (κ1) is 34.3. The van der Waals surface area contributed by atoms with Crippen molar-refractivity contribution in [2.75, 3.05) is 62.2 Å². The second kappa shape index (κ2) is 14.2. The van der Waals surface area contributed by atoms with E-state index in [0.717, 1.165) is 79.2 Å². The average molecular weight is 664 g/mol. The molecule has 0 atom stereocenters. The summed E-state index contributed by atoms with van der Waals surface area (Å²) in [5, 5.41) is 18.9. The summed E-state index contributed by atoms with van der Waals surface area (Å²) < 4.78 is 13.2. The normalized spacial score (nSPS) is 20.3. The lowest BCUT2D eigenvalue weighted by atomic mass is 9.78. The molecule has 44 heavy (non-hydrogen) atoms. The summed E-state index contributed by atoms with van der Waals surface area (Å²) in [6, 6.07) is 17.8. The number of hydrogen-bond donors (Lipinski definition) is 0. The van der Waals surface area contributed by atoms with Gasteiger partial charge in [-0.2, -0.15) is 10.5 Å². The summed E-state index contributed by atoms with van der Waals surface area (Å²) in [4.78, 5) is 9.57. The van der Waals surface area contributed by atoms with Crippen LogP contribution in [0.2, 0.25) is 0 Å². The van der Waals surface area contributed by atoms with Crippen LogP contribution >= 0.6 is 15.9 Å². The van der Waals surface area contributed by atoms with Gasteiger partial charge in [0.2, 0.25) is 0 Å². The van der Waals surface area contributed by atoms with Gasteiger partial charge in [-0.1, -0.05) is 22.0 Å². The first-order valence-corrected chi connectivity index (χ1v) is 16.6. The zero-order valence-electron chi connectivity index (χ0n) is 27.7. The number of rotatable bonds is 5. The molecule has 0 amide bonds. The molecule has 2 aromatic rings. The number of nitrogens with zero attached hydrogens (tertiary/aromatic N) is 6. The zero-order chi connectivity index (χ0) is 32.2. The third-order valence-corrected chi connectivity index (χ3v) is 10.0. The maximum atomic E-state index is 9.69. The molecule has 3 aliphatic heterocycles. The lowest BCUT2D eigenvalue weighted by Crippen LogP contribution is -2.49. The molecule has 0 bridgehead atoms. The fraction of sp³-hybridized carbons (Fsp3) is 0.588. The highest BCUT2D eigenvalue weighted by Gasteiger charge is 2.51. The fourth-order valence-electron chi connectivity index (χ4n) is 5.88.